The summed E-state index contributed by atoms with van der Waals surface area (Å²) in [6, 6.07) is 12.9. The van der Waals surface area contributed by atoms with E-state index in [0.717, 1.165) is 24.8 Å². The molecule has 0 N–H and O–H groups in total. The molecule has 0 spiro atoms. The maximum absolute atomic E-state index is 12.9. The molecule has 0 fully saturated rings. The zero-order valence-corrected chi connectivity index (χ0v) is 14.3. The Kier molecular flexibility index (Phi) is 2.92. The predicted molar refractivity (Wildman–Crippen MR) is 96.7 cm³/mol. The molecule has 120 valence electrons. The van der Waals surface area contributed by atoms with Crippen LogP contribution >= 0.6 is 0 Å². The van der Waals surface area contributed by atoms with Crippen LogP contribution in [0.25, 0.3) is 0 Å². The lowest BCUT2D eigenvalue weighted by Gasteiger charge is -2.40. The molecule has 0 radical (unpaired) electrons. The number of hydrogen-bond acceptors (Lipinski definition) is 1. The minimum Gasteiger partial charge on any atom is -0.294 e. The molecular weight excluding hydrogens is 292 g/mol. The average Bonchev–Trinajstić information content (AvgIpc) is 2.91. The first-order chi connectivity index (χ1) is 11.7. The fourth-order valence-electron chi connectivity index (χ4n) is 5.44. The van der Waals surface area contributed by atoms with Crippen molar-refractivity contribution in [2.75, 3.05) is 0 Å². The number of ketones is 1. The quantitative estimate of drug-likeness (QED) is 0.606. The molecule has 3 unspecified atom stereocenters. The normalized spacial score (nSPS) is 27.0. The molecule has 2 aromatic carbocycles. The highest BCUT2D eigenvalue weighted by atomic mass is 16.1. The van der Waals surface area contributed by atoms with E-state index in [-0.39, 0.29) is 5.92 Å². The van der Waals surface area contributed by atoms with Crippen molar-refractivity contribution >= 4 is 5.78 Å². The Hall–Kier alpha value is -2.15. The van der Waals surface area contributed by atoms with Gasteiger partial charge in [-0.2, -0.15) is 0 Å². The summed E-state index contributed by atoms with van der Waals surface area (Å²) in [5.74, 6) is 1.25. The van der Waals surface area contributed by atoms with Crippen molar-refractivity contribution in [1.82, 2.24) is 0 Å². The van der Waals surface area contributed by atoms with Crippen LogP contribution in [0.4, 0.5) is 0 Å². The van der Waals surface area contributed by atoms with E-state index in [9.17, 15) is 4.79 Å². The number of rotatable bonds is 0. The number of aryl methyl sites for hydroxylation is 2. The van der Waals surface area contributed by atoms with Gasteiger partial charge in [0.2, 0.25) is 0 Å². The van der Waals surface area contributed by atoms with Crippen LogP contribution in [-0.4, -0.2) is 5.78 Å². The summed E-state index contributed by atoms with van der Waals surface area (Å²) >= 11 is 0. The minimum atomic E-state index is 0.141. The second-order valence-corrected chi connectivity index (χ2v) is 7.67. The molecule has 3 atom stereocenters. The fourth-order valence-corrected chi connectivity index (χ4v) is 5.44. The van der Waals surface area contributed by atoms with E-state index >= 15 is 0 Å². The van der Waals surface area contributed by atoms with E-state index in [2.05, 4.69) is 44.2 Å². The Morgan fingerprint density at radius 2 is 1.75 bits per heavy atom. The third-order valence-electron chi connectivity index (χ3n) is 6.53. The second kappa shape index (κ2) is 4.92. The Labute approximate surface area is 143 Å². The van der Waals surface area contributed by atoms with E-state index in [1.807, 2.05) is 12.1 Å². The van der Waals surface area contributed by atoms with Crippen LogP contribution in [0.1, 0.15) is 62.9 Å². The predicted octanol–water partition coefficient (Wildman–Crippen LogP) is 5.26. The van der Waals surface area contributed by atoms with Crippen LogP contribution < -0.4 is 0 Å². The summed E-state index contributed by atoms with van der Waals surface area (Å²) in [4.78, 5) is 12.9. The van der Waals surface area contributed by atoms with Gasteiger partial charge in [0, 0.05) is 23.3 Å². The van der Waals surface area contributed by atoms with Crippen molar-refractivity contribution < 1.29 is 4.79 Å². The standard InChI is InChI=1S/C23H22O/c1-13-7-8-14(2)20-16(13)11-9-15-10-12-19-22(21(15)20)17-5-3-4-6-18(17)23(19)24/h3-8,10,19,21-22H,9,11-12H2,1-2H3. The molecule has 0 saturated heterocycles. The van der Waals surface area contributed by atoms with Gasteiger partial charge in [-0.3, -0.25) is 4.79 Å². The molecule has 0 heterocycles. The van der Waals surface area contributed by atoms with Crippen LogP contribution in [0, 0.1) is 19.8 Å². The van der Waals surface area contributed by atoms with Crippen molar-refractivity contribution in [1.29, 1.82) is 0 Å². The zero-order chi connectivity index (χ0) is 16.4. The topological polar surface area (TPSA) is 17.1 Å². The molecule has 0 aromatic heterocycles. The highest BCUT2D eigenvalue weighted by Crippen LogP contribution is 2.57. The number of benzene rings is 2. The average molecular weight is 314 g/mol. The highest BCUT2D eigenvalue weighted by molar-refractivity contribution is 6.03. The van der Waals surface area contributed by atoms with Gasteiger partial charge in [-0.1, -0.05) is 48.0 Å². The molecule has 3 aliphatic rings. The lowest BCUT2D eigenvalue weighted by molar-refractivity contribution is 0.0915. The van der Waals surface area contributed by atoms with Crippen molar-refractivity contribution in [3.8, 4) is 0 Å². The van der Waals surface area contributed by atoms with Crippen LogP contribution in [0.5, 0.6) is 0 Å². The van der Waals surface area contributed by atoms with Gasteiger partial charge in [0.25, 0.3) is 0 Å². The first kappa shape index (κ1) is 14.2. The molecule has 2 aromatic rings. The largest absolute Gasteiger partial charge is 0.294 e. The number of hydrogen-bond donors (Lipinski definition) is 0. The number of allylic oxidation sites excluding steroid dienone is 2. The van der Waals surface area contributed by atoms with Crippen molar-refractivity contribution in [3.05, 3.63) is 81.4 Å². The summed E-state index contributed by atoms with van der Waals surface area (Å²) in [6.07, 6.45) is 5.62. The summed E-state index contributed by atoms with van der Waals surface area (Å²) in [5, 5.41) is 0. The first-order valence-corrected chi connectivity index (χ1v) is 9.08. The molecule has 0 saturated carbocycles. The molecule has 1 heteroatoms. The van der Waals surface area contributed by atoms with Gasteiger partial charge < -0.3 is 0 Å². The van der Waals surface area contributed by atoms with Gasteiger partial charge in [-0.15, -0.1) is 0 Å². The van der Waals surface area contributed by atoms with Gasteiger partial charge in [-0.25, -0.2) is 0 Å². The third kappa shape index (κ3) is 1.73. The maximum Gasteiger partial charge on any atom is 0.167 e. The number of Topliss-reactive ketones (excluding diaryl/α,β-unsaturated/α-hetero) is 1. The first-order valence-electron chi connectivity index (χ1n) is 9.08. The monoisotopic (exact) mass is 314 g/mol. The van der Waals surface area contributed by atoms with E-state index in [1.165, 1.54) is 27.8 Å². The lowest BCUT2D eigenvalue weighted by Crippen LogP contribution is -2.29. The van der Waals surface area contributed by atoms with Gasteiger partial charge in [0.15, 0.2) is 5.78 Å². The lowest BCUT2D eigenvalue weighted by atomic mass is 9.63. The SMILES string of the molecule is Cc1ccc(C)c2c1CCC1=CCC3C(=O)c4ccccc4C3C12. The van der Waals surface area contributed by atoms with Gasteiger partial charge >= 0.3 is 0 Å². The summed E-state index contributed by atoms with van der Waals surface area (Å²) in [6.45, 7) is 4.48. The van der Waals surface area contributed by atoms with Gasteiger partial charge in [-0.05, 0) is 60.9 Å². The molecular formula is C23H22O. The second-order valence-electron chi connectivity index (χ2n) is 7.67. The molecule has 0 aliphatic heterocycles. The van der Waals surface area contributed by atoms with Gasteiger partial charge in [0.1, 0.15) is 0 Å². The maximum atomic E-state index is 12.9. The molecule has 5 rings (SSSR count). The number of carbonyl (C=O) groups excluding carboxylic acids is 1. The molecule has 3 aliphatic carbocycles. The molecule has 0 bridgehead atoms. The van der Waals surface area contributed by atoms with E-state index in [4.69, 9.17) is 0 Å². The van der Waals surface area contributed by atoms with Crippen molar-refractivity contribution in [2.24, 2.45) is 5.92 Å². The number of carbonyl (C=O) groups is 1. The minimum absolute atomic E-state index is 0.141. The fraction of sp³-hybridized carbons (Fsp3) is 0.348. The Balaban J connectivity index is 1.77. The summed E-state index contributed by atoms with van der Waals surface area (Å²) in [7, 11) is 0. The Morgan fingerprint density at radius 1 is 0.958 bits per heavy atom. The zero-order valence-electron chi connectivity index (χ0n) is 14.3. The van der Waals surface area contributed by atoms with Crippen LogP contribution in [0.15, 0.2) is 48.0 Å². The summed E-state index contributed by atoms with van der Waals surface area (Å²) < 4.78 is 0. The van der Waals surface area contributed by atoms with Crippen molar-refractivity contribution in [3.63, 3.8) is 0 Å². The van der Waals surface area contributed by atoms with E-state index < -0.39 is 0 Å². The van der Waals surface area contributed by atoms with E-state index in [1.54, 1.807) is 5.57 Å². The van der Waals surface area contributed by atoms with E-state index in [0.29, 0.717) is 17.6 Å². The van der Waals surface area contributed by atoms with Crippen LogP contribution in [0.2, 0.25) is 0 Å². The molecule has 24 heavy (non-hydrogen) atoms. The Morgan fingerprint density at radius 3 is 2.62 bits per heavy atom. The Bertz CT molecular complexity index is 902. The van der Waals surface area contributed by atoms with Crippen LogP contribution in [-0.2, 0) is 6.42 Å². The van der Waals surface area contributed by atoms with Crippen LogP contribution in [0.3, 0.4) is 0 Å². The molecule has 1 nitrogen and oxygen atoms in total. The smallest absolute Gasteiger partial charge is 0.167 e. The number of fused-ring (bicyclic) bond motifs is 7. The third-order valence-corrected chi connectivity index (χ3v) is 6.53. The highest BCUT2D eigenvalue weighted by Gasteiger charge is 2.48. The summed E-state index contributed by atoms with van der Waals surface area (Å²) in [5.41, 5.74) is 9.69. The van der Waals surface area contributed by atoms with Gasteiger partial charge in [0.05, 0.1) is 0 Å². The molecule has 0 amide bonds. The van der Waals surface area contributed by atoms with Crippen molar-refractivity contribution in [2.45, 2.75) is 44.9 Å².